The summed E-state index contributed by atoms with van der Waals surface area (Å²) in [6, 6.07) is 6.43. The molecule has 0 amide bonds. The van der Waals surface area contributed by atoms with Crippen LogP contribution < -0.4 is 4.90 Å². The van der Waals surface area contributed by atoms with Gasteiger partial charge in [0.25, 0.3) is 0 Å². The molecule has 3 aromatic heterocycles. The van der Waals surface area contributed by atoms with Gasteiger partial charge in [0.05, 0.1) is 11.3 Å². The number of hydrogen-bond acceptors (Lipinski definition) is 5. The van der Waals surface area contributed by atoms with Crippen LogP contribution >= 0.6 is 0 Å². The van der Waals surface area contributed by atoms with Crippen LogP contribution in [-0.4, -0.2) is 37.9 Å². The molecule has 0 radical (unpaired) electrons. The van der Waals surface area contributed by atoms with Crippen LogP contribution in [0.1, 0.15) is 56.6 Å². The van der Waals surface area contributed by atoms with E-state index in [1.54, 1.807) is 0 Å². The average Bonchev–Trinajstić information content (AvgIpc) is 3.10. The van der Waals surface area contributed by atoms with E-state index in [-0.39, 0.29) is 11.3 Å². The fraction of sp³-hybridized carbons (Fsp3) is 0.500. The number of halogens is 3. The lowest BCUT2D eigenvalue weighted by Crippen LogP contribution is -2.34. The zero-order valence-corrected chi connectivity index (χ0v) is 16.6. The van der Waals surface area contributed by atoms with Gasteiger partial charge in [-0.2, -0.15) is 22.8 Å². The van der Waals surface area contributed by atoms with Gasteiger partial charge in [-0.15, -0.1) is 10.2 Å². The summed E-state index contributed by atoms with van der Waals surface area (Å²) >= 11 is 0. The molecule has 1 aliphatic heterocycles. The second-order valence-corrected chi connectivity index (χ2v) is 8.46. The molecular weight excluding hydrogens is 381 g/mol. The highest BCUT2D eigenvalue weighted by Crippen LogP contribution is 2.32. The Morgan fingerprint density at radius 3 is 2.28 bits per heavy atom. The van der Waals surface area contributed by atoms with Gasteiger partial charge < -0.3 is 4.90 Å². The van der Waals surface area contributed by atoms with Crippen molar-refractivity contribution >= 4 is 11.5 Å². The summed E-state index contributed by atoms with van der Waals surface area (Å²) in [5, 5.41) is 13.4. The number of piperidine rings is 1. The lowest BCUT2D eigenvalue weighted by atomic mass is 9.92. The first-order valence-electron chi connectivity index (χ1n) is 9.64. The van der Waals surface area contributed by atoms with Gasteiger partial charge in [-0.05, 0) is 37.1 Å². The van der Waals surface area contributed by atoms with E-state index in [2.05, 4.69) is 36.0 Å². The molecule has 154 valence electrons. The number of pyridine rings is 1. The second kappa shape index (κ2) is 6.96. The number of fused-ring (bicyclic) bond motifs is 1. The van der Waals surface area contributed by atoms with E-state index in [1.165, 1.54) is 6.07 Å². The maximum atomic E-state index is 12.7. The summed E-state index contributed by atoms with van der Waals surface area (Å²) in [6.45, 7) is 7.72. The Kier molecular flexibility index (Phi) is 4.71. The van der Waals surface area contributed by atoms with Crippen LogP contribution in [0.5, 0.6) is 0 Å². The Labute approximate surface area is 166 Å². The van der Waals surface area contributed by atoms with Gasteiger partial charge in [0.15, 0.2) is 11.5 Å². The van der Waals surface area contributed by atoms with E-state index in [9.17, 15) is 13.2 Å². The fourth-order valence-electron chi connectivity index (χ4n) is 3.57. The van der Waals surface area contributed by atoms with E-state index in [4.69, 9.17) is 5.10 Å². The van der Waals surface area contributed by atoms with Crippen molar-refractivity contribution < 1.29 is 13.2 Å². The molecule has 0 atom stereocenters. The van der Waals surface area contributed by atoms with Crippen LogP contribution in [0.2, 0.25) is 0 Å². The van der Waals surface area contributed by atoms with Gasteiger partial charge in [0, 0.05) is 30.6 Å². The molecule has 4 heterocycles. The maximum Gasteiger partial charge on any atom is 0.417 e. The largest absolute Gasteiger partial charge is 0.417 e. The summed E-state index contributed by atoms with van der Waals surface area (Å²) in [5.41, 5.74) is 0.886. The predicted octanol–water partition coefficient (Wildman–Crippen LogP) is 4.22. The summed E-state index contributed by atoms with van der Waals surface area (Å²) in [5.74, 6) is 1.60. The molecule has 0 spiro atoms. The van der Waals surface area contributed by atoms with Crippen molar-refractivity contribution in [2.24, 2.45) is 0 Å². The topological polar surface area (TPSA) is 59.2 Å². The Hall–Kier alpha value is -2.71. The Morgan fingerprint density at radius 2 is 1.69 bits per heavy atom. The van der Waals surface area contributed by atoms with Crippen molar-refractivity contribution in [2.75, 3.05) is 18.0 Å². The lowest BCUT2D eigenvalue weighted by Gasteiger charge is -2.32. The zero-order valence-electron chi connectivity index (χ0n) is 16.6. The first-order valence-corrected chi connectivity index (χ1v) is 9.64. The van der Waals surface area contributed by atoms with Crippen molar-refractivity contribution in [2.45, 2.75) is 51.1 Å². The van der Waals surface area contributed by atoms with Crippen molar-refractivity contribution in [1.82, 2.24) is 24.8 Å². The summed E-state index contributed by atoms with van der Waals surface area (Å²) < 4.78 is 40.0. The molecule has 0 N–H and O–H groups in total. The standard InChI is InChI=1S/C20H23F3N6/c1-19(2,3)15-5-7-17-25-26-18(29(17)27-15)13-8-10-28(11-9-13)16-6-4-14(12-24-16)20(21,22)23/h4-7,12-13H,8-11H2,1-3H3. The minimum atomic E-state index is -4.37. The molecule has 0 bridgehead atoms. The number of anilines is 1. The monoisotopic (exact) mass is 404 g/mol. The van der Waals surface area contributed by atoms with Crippen LogP contribution in [0.3, 0.4) is 0 Å². The third-order valence-corrected chi connectivity index (χ3v) is 5.31. The van der Waals surface area contributed by atoms with Gasteiger partial charge in [-0.25, -0.2) is 4.98 Å². The van der Waals surface area contributed by atoms with E-state index < -0.39 is 11.7 Å². The number of rotatable bonds is 2. The highest BCUT2D eigenvalue weighted by molar-refractivity contribution is 5.41. The van der Waals surface area contributed by atoms with E-state index in [1.807, 2.05) is 21.5 Å². The van der Waals surface area contributed by atoms with E-state index in [0.29, 0.717) is 18.9 Å². The number of nitrogens with zero attached hydrogens (tertiary/aromatic N) is 6. The highest BCUT2D eigenvalue weighted by atomic mass is 19.4. The predicted molar refractivity (Wildman–Crippen MR) is 103 cm³/mol. The molecule has 0 aromatic carbocycles. The Balaban J connectivity index is 1.50. The summed E-state index contributed by atoms with van der Waals surface area (Å²) in [6.07, 6.45) is -1.85. The minimum Gasteiger partial charge on any atom is -0.357 e. The van der Waals surface area contributed by atoms with Crippen LogP contribution in [-0.2, 0) is 11.6 Å². The van der Waals surface area contributed by atoms with E-state index in [0.717, 1.165) is 42.3 Å². The van der Waals surface area contributed by atoms with Gasteiger partial charge in [-0.1, -0.05) is 20.8 Å². The van der Waals surface area contributed by atoms with Crippen molar-refractivity contribution in [3.63, 3.8) is 0 Å². The van der Waals surface area contributed by atoms with Crippen LogP contribution in [0.4, 0.5) is 19.0 Å². The number of aromatic nitrogens is 5. The normalized spacial score (nSPS) is 16.6. The van der Waals surface area contributed by atoms with Crippen LogP contribution in [0.25, 0.3) is 5.65 Å². The van der Waals surface area contributed by atoms with Crippen molar-refractivity contribution in [1.29, 1.82) is 0 Å². The molecule has 0 saturated carbocycles. The molecule has 1 saturated heterocycles. The molecule has 29 heavy (non-hydrogen) atoms. The van der Waals surface area contributed by atoms with Crippen LogP contribution in [0.15, 0.2) is 30.5 Å². The third kappa shape index (κ3) is 3.90. The summed E-state index contributed by atoms with van der Waals surface area (Å²) in [4.78, 5) is 6.01. The van der Waals surface area contributed by atoms with Crippen LogP contribution in [0, 0.1) is 0 Å². The van der Waals surface area contributed by atoms with Gasteiger partial charge >= 0.3 is 6.18 Å². The summed E-state index contributed by atoms with van der Waals surface area (Å²) in [7, 11) is 0. The highest BCUT2D eigenvalue weighted by Gasteiger charge is 2.31. The Bertz CT molecular complexity index is 996. The Morgan fingerprint density at radius 1 is 0.966 bits per heavy atom. The van der Waals surface area contributed by atoms with Gasteiger partial charge in [-0.3, -0.25) is 0 Å². The molecule has 1 fully saturated rings. The first-order chi connectivity index (χ1) is 13.6. The minimum absolute atomic E-state index is 0.0761. The SMILES string of the molecule is CC(C)(C)c1ccc2nnc(C3CCN(c4ccc(C(F)(F)F)cn4)CC3)n2n1. The first kappa shape index (κ1) is 19.6. The molecule has 9 heteroatoms. The average molecular weight is 404 g/mol. The van der Waals surface area contributed by atoms with Gasteiger partial charge in [0.1, 0.15) is 5.82 Å². The molecule has 6 nitrogen and oxygen atoms in total. The van der Waals surface area contributed by atoms with Crippen molar-refractivity contribution in [3.05, 3.63) is 47.5 Å². The molecule has 0 aliphatic carbocycles. The third-order valence-electron chi connectivity index (χ3n) is 5.31. The molecule has 1 aliphatic rings. The van der Waals surface area contributed by atoms with Gasteiger partial charge in [0.2, 0.25) is 0 Å². The molecule has 3 aromatic rings. The molecule has 4 rings (SSSR count). The quantitative estimate of drug-likeness (QED) is 0.640. The smallest absolute Gasteiger partial charge is 0.357 e. The fourth-order valence-corrected chi connectivity index (χ4v) is 3.57. The maximum absolute atomic E-state index is 12.7. The number of hydrogen-bond donors (Lipinski definition) is 0. The molecular formula is C20H23F3N6. The number of alkyl halides is 3. The molecule has 0 unspecified atom stereocenters. The van der Waals surface area contributed by atoms with E-state index >= 15 is 0 Å². The van der Waals surface area contributed by atoms with Crippen molar-refractivity contribution in [3.8, 4) is 0 Å². The lowest BCUT2D eigenvalue weighted by molar-refractivity contribution is -0.137. The zero-order chi connectivity index (χ0) is 20.8. The second-order valence-electron chi connectivity index (χ2n) is 8.46.